The van der Waals surface area contributed by atoms with E-state index in [0.717, 1.165) is 19.3 Å². The number of hydrogen-bond acceptors (Lipinski definition) is 7. The van der Waals surface area contributed by atoms with Crippen molar-refractivity contribution in [3.05, 3.63) is 12.7 Å². The summed E-state index contributed by atoms with van der Waals surface area (Å²) in [5, 5.41) is 10.7. The molecule has 3 atom stereocenters. The Morgan fingerprint density at radius 3 is 2.20 bits per heavy atom. The highest BCUT2D eigenvalue weighted by atomic mass is 32.2. The van der Waals surface area contributed by atoms with Crippen LogP contribution < -0.4 is 21.3 Å². The number of nitrogens with one attached hydrogen (secondary N) is 4. The molecule has 45 heavy (non-hydrogen) atoms. The van der Waals surface area contributed by atoms with Crippen molar-refractivity contribution in [1.82, 2.24) is 26.2 Å². The third kappa shape index (κ3) is 12.5. The number of hydrogen-bond donors (Lipinski definition) is 4. The van der Waals surface area contributed by atoms with Crippen molar-refractivity contribution in [1.29, 1.82) is 0 Å². The molecule has 1 rings (SSSR count). The van der Waals surface area contributed by atoms with Crippen molar-refractivity contribution < 1.29 is 32.4 Å². The van der Waals surface area contributed by atoms with Crippen LogP contribution in [0.25, 0.3) is 0 Å². The Hall–Kier alpha value is -3.40. The Bertz CT molecular complexity index is 1210. The van der Waals surface area contributed by atoms with E-state index < -0.39 is 68.5 Å². The smallest absolute Gasteiger partial charge is 0.315 e. The predicted octanol–water partition coefficient (Wildman–Crippen LogP) is 2.23. The number of nitrogens with zero attached hydrogens (tertiary/aromatic N) is 1. The summed E-state index contributed by atoms with van der Waals surface area (Å²) in [7, 11) is -3.40. The highest BCUT2D eigenvalue weighted by molar-refractivity contribution is 7.91. The first-order valence-electron chi connectivity index (χ1n) is 15.7. The lowest BCUT2D eigenvalue weighted by atomic mass is 9.83. The summed E-state index contributed by atoms with van der Waals surface area (Å²) in [6.45, 7) is 14.0. The van der Waals surface area contributed by atoms with Gasteiger partial charge in [-0.3, -0.25) is 19.2 Å². The number of terminal acetylenes is 1. The maximum atomic E-state index is 14.1. The van der Waals surface area contributed by atoms with E-state index in [2.05, 4.69) is 33.8 Å². The fourth-order valence-electron chi connectivity index (χ4n) is 5.36. The van der Waals surface area contributed by atoms with Gasteiger partial charge in [-0.1, -0.05) is 60.0 Å². The van der Waals surface area contributed by atoms with Gasteiger partial charge in [-0.05, 0) is 38.0 Å². The molecule has 0 bridgehead atoms. The van der Waals surface area contributed by atoms with Crippen LogP contribution in [0.4, 0.5) is 4.79 Å². The zero-order chi connectivity index (χ0) is 34.4. The molecule has 5 amide bonds. The zero-order valence-corrected chi connectivity index (χ0v) is 28.6. The molecule has 1 unspecified atom stereocenters. The second-order valence-electron chi connectivity index (χ2n) is 12.8. The number of ketones is 1. The van der Waals surface area contributed by atoms with Gasteiger partial charge in [0, 0.05) is 25.3 Å². The first-order valence-corrected chi connectivity index (χ1v) is 17.6. The fourth-order valence-corrected chi connectivity index (χ4v) is 6.76. The third-order valence-corrected chi connectivity index (χ3v) is 9.82. The van der Waals surface area contributed by atoms with Crippen LogP contribution in [0.5, 0.6) is 0 Å². The van der Waals surface area contributed by atoms with Crippen molar-refractivity contribution in [2.45, 2.75) is 117 Å². The Kier molecular flexibility index (Phi) is 15.8. The zero-order valence-electron chi connectivity index (χ0n) is 27.8. The van der Waals surface area contributed by atoms with Crippen LogP contribution in [0.3, 0.4) is 0 Å². The summed E-state index contributed by atoms with van der Waals surface area (Å²) in [6, 6.07) is -4.00. The standard InChI is InChI=1S/C32H53N5O7S/c1-9-13-17-24(25(38)28(40)33-20-10-2)34-27(39)23(5)37(21-11-3)29(41)26(31(6,7)8)35-30(42)36-32(18-15-14-16-19-32)22-45(43,44)12-4/h1,10,23-24,26H,2,11-22H2,3-8H3,(H,33,40)(H,34,39)(H2,35,36,42)/t23-,24?,26+/m0/s1. The minimum atomic E-state index is -3.40. The van der Waals surface area contributed by atoms with E-state index in [-0.39, 0.29) is 37.4 Å². The van der Waals surface area contributed by atoms with Crippen molar-refractivity contribution in [2.24, 2.45) is 5.41 Å². The molecule has 4 N–H and O–H groups in total. The Morgan fingerprint density at radius 1 is 1.07 bits per heavy atom. The Morgan fingerprint density at radius 2 is 1.69 bits per heavy atom. The minimum absolute atomic E-state index is 0.0267. The van der Waals surface area contributed by atoms with E-state index in [1.165, 1.54) is 17.9 Å². The molecule has 254 valence electrons. The van der Waals surface area contributed by atoms with Crippen LogP contribution in [-0.2, 0) is 29.0 Å². The average molecular weight is 652 g/mol. The van der Waals surface area contributed by atoms with Crippen molar-refractivity contribution in [2.75, 3.05) is 24.6 Å². The van der Waals surface area contributed by atoms with Gasteiger partial charge >= 0.3 is 6.03 Å². The van der Waals surface area contributed by atoms with Gasteiger partial charge in [0.1, 0.15) is 12.1 Å². The van der Waals surface area contributed by atoms with Crippen LogP contribution in [0.1, 0.15) is 92.9 Å². The lowest BCUT2D eigenvalue weighted by Gasteiger charge is -2.40. The second-order valence-corrected chi connectivity index (χ2v) is 15.1. The largest absolute Gasteiger partial charge is 0.346 e. The molecule has 0 spiro atoms. The van der Waals surface area contributed by atoms with Gasteiger partial charge < -0.3 is 26.2 Å². The Labute approximate surface area is 269 Å². The molecule has 1 saturated carbocycles. The van der Waals surface area contributed by atoms with Gasteiger partial charge in [0.15, 0.2) is 9.84 Å². The summed E-state index contributed by atoms with van der Waals surface area (Å²) in [5.41, 5.74) is -1.72. The topological polar surface area (TPSA) is 171 Å². The monoisotopic (exact) mass is 651 g/mol. The van der Waals surface area contributed by atoms with E-state index in [1.807, 2.05) is 6.92 Å². The minimum Gasteiger partial charge on any atom is -0.346 e. The van der Waals surface area contributed by atoms with Gasteiger partial charge in [-0.2, -0.15) is 0 Å². The number of Topliss-reactive ketones (excluding diaryl/α,β-unsaturated/α-hetero) is 1. The lowest BCUT2D eigenvalue weighted by molar-refractivity contribution is -0.145. The van der Waals surface area contributed by atoms with Gasteiger partial charge in [-0.15, -0.1) is 18.9 Å². The van der Waals surface area contributed by atoms with Gasteiger partial charge in [0.25, 0.3) is 5.91 Å². The maximum Gasteiger partial charge on any atom is 0.315 e. The van der Waals surface area contributed by atoms with Gasteiger partial charge in [0.05, 0.1) is 17.3 Å². The van der Waals surface area contributed by atoms with Gasteiger partial charge in [-0.25, -0.2) is 13.2 Å². The first kappa shape index (κ1) is 39.6. The summed E-state index contributed by atoms with van der Waals surface area (Å²) in [6.07, 6.45) is 10.9. The molecular formula is C32H53N5O7S. The Balaban J connectivity index is 3.24. The molecule has 0 saturated heterocycles. The molecule has 0 aromatic heterocycles. The van der Waals surface area contributed by atoms with Crippen LogP contribution in [0, 0.1) is 17.8 Å². The summed E-state index contributed by atoms with van der Waals surface area (Å²) in [4.78, 5) is 67.4. The highest BCUT2D eigenvalue weighted by Crippen LogP contribution is 2.30. The molecule has 0 aliphatic heterocycles. The van der Waals surface area contributed by atoms with E-state index in [9.17, 15) is 32.4 Å². The summed E-state index contributed by atoms with van der Waals surface area (Å²) < 4.78 is 25.2. The number of amides is 5. The number of carbonyl (C=O) groups excluding carboxylic acids is 5. The van der Waals surface area contributed by atoms with E-state index in [4.69, 9.17) is 6.42 Å². The molecular weight excluding hydrogens is 598 g/mol. The van der Waals surface area contributed by atoms with Crippen LogP contribution >= 0.6 is 0 Å². The normalized spacial score (nSPS) is 16.6. The first-order chi connectivity index (χ1) is 21.0. The molecule has 12 nitrogen and oxygen atoms in total. The van der Waals surface area contributed by atoms with Crippen LogP contribution in [0.2, 0.25) is 0 Å². The van der Waals surface area contributed by atoms with Crippen LogP contribution in [-0.4, -0.2) is 91.1 Å². The lowest BCUT2D eigenvalue weighted by Crippen LogP contribution is -2.63. The number of sulfone groups is 1. The van der Waals surface area contributed by atoms with Crippen LogP contribution in [0.15, 0.2) is 12.7 Å². The average Bonchev–Trinajstić information content (AvgIpc) is 2.97. The number of carbonyl (C=O) groups is 5. The number of urea groups is 1. The molecule has 0 aromatic rings. The molecule has 0 radical (unpaired) electrons. The molecule has 1 aliphatic carbocycles. The summed E-state index contributed by atoms with van der Waals surface area (Å²) in [5.74, 6) is -0.754. The van der Waals surface area contributed by atoms with Crippen molar-refractivity contribution >= 4 is 39.4 Å². The molecule has 13 heteroatoms. The third-order valence-electron chi connectivity index (χ3n) is 7.95. The highest BCUT2D eigenvalue weighted by Gasteiger charge is 2.42. The van der Waals surface area contributed by atoms with E-state index in [1.54, 1.807) is 27.7 Å². The van der Waals surface area contributed by atoms with Gasteiger partial charge in [0.2, 0.25) is 17.6 Å². The quantitative estimate of drug-likeness (QED) is 0.106. The SMILES string of the molecule is C#CCCC(NC(=O)[C@H](C)N(CCC)C(=O)[C@@H](NC(=O)NC1(CS(=O)(=O)CC)CCCCC1)C(C)(C)C)C(=O)C(=O)NCC=C. The van der Waals surface area contributed by atoms with Crippen molar-refractivity contribution in [3.8, 4) is 12.3 Å². The van der Waals surface area contributed by atoms with Crippen molar-refractivity contribution in [3.63, 3.8) is 0 Å². The fraction of sp³-hybridized carbons (Fsp3) is 0.719. The maximum absolute atomic E-state index is 14.1. The summed E-state index contributed by atoms with van der Waals surface area (Å²) >= 11 is 0. The predicted molar refractivity (Wildman–Crippen MR) is 175 cm³/mol. The molecule has 0 aromatic carbocycles. The molecule has 0 heterocycles. The number of rotatable bonds is 17. The molecule has 1 fully saturated rings. The van der Waals surface area contributed by atoms with E-state index in [0.29, 0.717) is 19.3 Å². The van der Waals surface area contributed by atoms with E-state index >= 15 is 0 Å². The second kappa shape index (κ2) is 17.9. The molecule has 1 aliphatic rings.